The van der Waals surface area contributed by atoms with Crippen molar-refractivity contribution in [1.82, 2.24) is 0 Å². The largest absolute Gasteiger partial charge is 0.299 e. The van der Waals surface area contributed by atoms with E-state index in [4.69, 9.17) is 11.6 Å². The summed E-state index contributed by atoms with van der Waals surface area (Å²) in [5.74, 6) is 2.46. The highest BCUT2D eigenvalue weighted by atomic mass is 35.5. The van der Waals surface area contributed by atoms with Crippen LogP contribution in [0.15, 0.2) is 12.1 Å². The molecular formula is C19H23ClO. The van der Waals surface area contributed by atoms with E-state index in [1.807, 2.05) is 0 Å². The number of halogens is 1. The van der Waals surface area contributed by atoms with Crippen LogP contribution in [0.2, 0.25) is 5.02 Å². The Morgan fingerprint density at radius 3 is 2.81 bits per heavy atom. The van der Waals surface area contributed by atoms with Crippen molar-refractivity contribution in [2.45, 2.75) is 58.3 Å². The van der Waals surface area contributed by atoms with Gasteiger partial charge in [0.1, 0.15) is 5.78 Å². The summed E-state index contributed by atoms with van der Waals surface area (Å²) in [4.78, 5) is 12.3. The SMILES string of the molecule is Cc1cc(Cl)cc2c1CC[C@@H]1[C@@H]2CC[C@]2(C)C(=O)CC[C@@H]12. The molecule has 1 aromatic carbocycles. The first-order valence-electron chi connectivity index (χ1n) is 8.33. The third-order valence-corrected chi connectivity index (χ3v) is 6.96. The minimum Gasteiger partial charge on any atom is -0.299 e. The maximum Gasteiger partial charge on any atom is 0.139 e. The molecular weight excluding hydrogens is 280 g/mol. The predicted molar refractivity (Wildman–Crippen MR) is 85.8 cm³/mol. The molecule has 1 aromatic rings. The van der Waals surface area contributed by atoms with Gasteiger partial charge in [-0.3, -0.25) is 4.79 Å². The average molecular weight is 303 g/mol. The number of carbonyl (C=O) groups excluding carboxylic acids is 1. The molecule has 0 amide bonds. The number of rotatable bonds is 0. The normalized spacial score (nSPS) is 37.9. The first-order valence-corrected chi connectivity index (χ1v) is 8.71. The van der Waals surface area contributed by atoms with Crippen molar-refractivity contribution in [1.29, 1.82) is 0 Å². The summed E-state index contributed by atoms with van der Waals surface area (Å²) in [5.41, 5.74) is 4.37. The molecule has 0 spiro atoms. The van der Waals surface area contributed by atoms with Gasteiger partial charge in [0.25, 0.3) is 0 Å². The molecule has 4 rings (SSSR count). The Morgan fingerprint density at radius 2 is 2.00 bits per heavy atom. The minimum absolute atomic E-state index is 0.0215. The van der Waals surface area contributed by atoms with Gasteiger partial charge in [0.15, 0.2) is 0 Å². The van der Waals surface area contributed by atoms with E-state index in [0.29, 0.717) is 23.5 Å². The van der Waals surface area contributed by atoms with E-state index in [1.54, 1.807) is 0 Å². The van der Waals surface area contributed by atoms with Gasteiger partial charge in [-0.15, -0.1) is 0 Å². The lowest BCUT2D eigenvalue weighted by molar-refractivity contribution is -0.129. The first kappa shape index (κ1) is 13.8. The zero-order valence-electron chi connectivity index (χ0n) is 12.9. The van der Waals surface area contributed by atoms with Crippen molar-refractivity contribution in [3.63, 3.8) is 0 Å². The Hall–Kier alpha value is -0.820. The lowest BCUT2D eigenvalue weighted by Gasteiger charge is -2.48. The molecule has 2 fully saturated rings. The molecule has 1 nitrogen and oxygen atoms in total. The zero-order chi connectivity index (χ0) is 14.8. The molecule has 21 heavy (non-hydrogen) atoms. The summed E-state index contributed by atoms with van der Waals surface area (Å²) < 4.78 is 0. The highest BCUT2D eigenvalue weighted by Gasteiger charge is 2.54. The van der Waals surface area contributed by atoms with Crippen LogP contribution in [0.4, 0.5) is 0 Å². The van der Waals surface area contributed by atoms with E-state index in [1.165, 1.54) is 29.5 Å². The molecule has 0 aliphatic heterocycles. The van der Waals surface area contributed by atoms with Crippen molar-refractivity contribution in [3.8, 4) is 0 Å². The Balaban J connectivity index is 1.77. The molecule has 0 radical (unpaired) electrons. The highest BCUT2D eigenvalue weighted by molar-refractivity contribution is 6.30. The van der Waals surface area contributed by atoms with Gasteiger partial charge >= 0.3 is 0 Å². The molecule has 0 aromatic heterocycles. The Labute approximate surface area is 132 Å². The monoisotopic (exact) mass is 302 g/mol. The van der Waals surface area contributed by atoms with Crippen LogP contribution in [0.1, 0.15) is 61.6 Å². The van der Waals surface area contributed by atoms with Gasteiger partial charge in [0.05, 0.1) is 0 Å². The van der Waals surface area contributed by atoms with Crippen molar-refractivity contribution in [3.05, 3.63) is 33.8 Å². The summed E-state index contributed by atoms with van der Waals surface area (Å²) in [6, 6.07) is 4.31. The summed E-state index contributed by atoms with van der Waals surface area (Å²) in [7, 11) is 0. The number of benzene rings is 1. The second kappa shape index (κ2) is 4.59. The maximum atomic E-state index is 12.3. The summed E-state index contributed by atoms with van der Waals surface area (Å²) in [5, 5.41) is 0.878. The third kappa shape index (κ3) is 1.86. The fraction of sp³-hybridized carbons (Fsp3) is 0.632. The Morgan fingerprint density at radius 1 is 1.19 bits per heavy atom. The quantitative estimate of drug-likeness (QED) is 0.653. The average Bonchev–Trinajstić information content (AvgIpc) is 2.74. The van der Waals surface area contributed by atoms with Gasteiger partial charge < -0.3 is 0 Å². The number of Topliss-reactive ketones (excluding diaryl/α,β-unsaturated/α-hetero) is 1. The van der Waals surface area contributed by atoms with Crippen LogP contribution in [-0.4, -0.2) is 5.78 Å². The molecule has 0 saturated heterocycles. The second-order valence-electron chi connectivity index (χ2n) is 7.62. The summed E-state index contributed by atoms with van der Waals surface area (Å²) in [6.07, 6.45) is 6.59. The standard InChI is InChI=1S/C19H23ClO/c1-11-9-12(20)10-16-13(11)3-4-15-14(16)7-8-19(2)17(15)5-6-18(19)21/h9-10,14-15,17H,3-8H2,1-2H3/t14-,15+,17-,19-/m0/s1. The van der Waals surface area contributed by atoms with Crippen molar-refractivity contribution in [2.75, 3.05) is 0 Å². The summed E-state index contributed by atoms with van der Waals surface area (Å²) in [6.45, 7) is 4.43. The number of hydrogen-bond acceptors (Lipinski definition) is 1. The molecule has 112 valence electrons. The molecule has 2 heteroatoms. The second-order valence-corrected chi connectivity index (χ2v) is 8.06. The fourth-order valence-electron chi connectivity index (χ4n) is 5.63. The first-order chi connectivity index (χ1) is 10.0. The van der Waals surface area contributed by atoms with Crippen molar-refractivity contribution >= 4 is 17.4 Å². The molecule has 0 N–H and O–H groups in total. The topological polar surface area (TPSA) is 17.1 Å². The molecule has 0 unspecified atom stereocenters. The van der Waals surface area contributed by atoms with Crippen LogP contribution in [0.3, 0.4) is 0 Å². The van der Waals surface area contributed by atoms with Crippen LogP contribution >= 0.6 is 11.6 Å². The number of ketones is 1. The smallest absolute Gasteiger partial charge is 0.139 e. The van der Waals surface area contributed by atoms with Gasteiger partial charge in [0, 0.05) is 16.9 Å². The van der Waals surface area contributed by atoms with Gasteiger partial charge in [0.2, 0.25) is 0 Å². The van der Waals surface area contributed by atoms with E-state index < -0.39 is 0 Å². The number of aryl methyl sites for hydroxylation is 1. The number of fused-ring (bicyclic) bond motifs is 5. The van der Waals surface area contributed by atoms with Gasteiger partial charge in [-0.1, -0.05) is 18.5 Å². The molecule has 4 atom stereocenters. The van der Waals surface area contributed by atoms with Crippen LogP contribution in [0.25, 0.3) is 0 Å². The lowest BCUT2D eigenvalue weighted by Crippen LogP contribution is -2.42. The number of hydrogen-bond donors (Lipinski definition) is 0. The van der Waals surface area contributed by atoms with E-state index in [2.05, 4.69) is 26.0 Å². The molecule has 0 bridgehead atoms. The van der Waals surface area contributed by atoms with E-state index in [-0.39, 0.29) is 5.41 Å². The molecule has 3 aliphatic rings. The Bertz CT molecular complexity index is 620. The Kier molecular flexibility index (Phi) is 3.02. The van der Waals surface area contributed by atoms with Gasteiger partial charge in [-0.2, -0.15) is 0 Å². The van der Waals surface area contributed by atoms with Crippen molar-refractivity contribution < 1.29 is 4.79 Å². The highest BCUT2D eigenvalue weighted by Crippen LogP contribution is 2.59. The number of carbonyl (C=O) groups is 1. The van der Waals surface area contributed by atoms with Crippen LogP contribution in [0, 0.1) is 24.2 Å². The molecule has 2 saturated carbocycles. The van der Waals surface area contributed by atoms with Gasteiger partial charge in [-0.25, -0.2) is 0 Å². The van der Waals surface area contributed by atoms with Crippen LogP contribution in [-0.2, 0) is 11.2 Å². The van der Waals surface area contributed by atoms with E-state index in [0.717, 1.165) is 30.7 Å². The molecule has 3 aliphatic carbocycles. The van der Waals surface area contributed by atoms with Crippen LogP contribution < -0.4 is 0 Å². The van der Waals surface area contributed by atoms with E-state index in [9.17, 15) is 4.79 Å². The minimum atomic E-state index is -0.0215. The predicted octanol–water partition coefficient (Wildman–Crippen LogP) is 5.07. The van der Waals surface area contributed by atoms with Crippen molar-refractivity contribution in [2.24, 2.45) is 17.3 Å². The summed E-state index contributed by atoms with van der Waals surface area (Å²) >= 11 is 6.32. The van der Waals surface area contributed by atoms with Gasteiger partial charge in [-0.05, 0) is 85.6 Å². The van der Waals surface area contributed by atoms with Crippen LogP contribution in [0.5, 0.6) is 0 Å². The van der Waals surface area contributed by atoms with E-state index >= 15 is 0 Å². The lowest BCUT2D eigenvalue weighted by atomic mass is 9.55. The molecule has 0 heterocycles. The maximum absolute atomic E-state index is 12.3. The third-order valence-electron chi connectivity index (χ3n) is 6.75. The fourth-order valence-corrected chi connectivity index (χ4v) is 5.91. The zero-order valence-corrected chi connectivity index (χ0v) is 13.7.